The first kappa shape index (κ1) is 25.0. The van der Waals surface area contributed by atoms with Crippen molar-refractivity contribution in [1.82, 2.24) is 15.1 Å². The van der Waals surface area contributed by atoms with Crippen LogP contribution in [0.5, 0.6) is 0 Å². The molecule has 3 unspecified atom stereocenters. The summed E-state index contributed by atoms with van der Waals surface area (Å²) in [5, 5.41) is 10.4. The fourth-order valence-corrected chi connectivity index (χ4v) is 6.23. The maximum atomic E-state index is 14.2. The van der Waals surface area contributed by atoms with Crippen LogP contribution in [0.3, 0.4) is 0 Å². The zero-order valence-electron chi connectivity index (χ0n) is 21.7. The summed E-state index contributed by atoms with van der Waals surface area (Å²) in [4.78, 5) is 13.0. The van der Waals surface area contributed by atoms with Gasteiger partial charge in [0.2, 0.25) is 0 Å². The molecular weight excluding hydrogens is 494 g/mol. The highest BCUT2D eigenvalue weighted by Crippen LogP contribution is 2.55. The Balaban J connectivity index is 1.24. The number of para-hydroxylation sites is 1. The molecule has 5 nitrogen and oxygen atoms in total. The summed E-state index contributed by atoms with van der Waals surface area (Å²) in [5.41, 5.74) is 5.53. The van der Waals surface area contributed by atoms with Crippen molar-refractivity contribution in [3.8, 4) is 5.69 Å². The van der Waals surface area contributed by atoms with Crippen molar-refractivity contribution in [3.63, 3.8) is 0 Å². The van der Waals surface area contributed by atoms with Crippen LogP contribution in [0, 0.1) is 23.0 Å². The Morgan fingerprint density at radius 1 is 1.05 bits per heavy atom. The Kier molecular flexibility index (Phi) is 6.51. The Morgan fingerprint density at radius 3 is 2.56 bits per heavy atom. The minimum Gasteiger partial charge on any atom is -0.331 e. The molecule has 0 bridgehead atoms. The van der Waals surface area contributed by atoms with Gasteiger partial charge in [0.05, 0.1) is 29.3 Å². The standard InChI is InChI=1S/C32H30F2N4O/c1-32-19-22-20-35-38(26-15-13-25(33)14-16-26)30(22)18-24(32)12-11-23(32)17-29(21-7-3-2-4-8-21)37-31(39)36-28-10-6-5-9-27(28)34/h2-10,13-16,18,20,23,29H,11-12,17,19H2,1H3,(H2,36,37,39). The van der Waals surface area contributed by atoms with Crippen molar-refractivity contribution in [1.29, 1.82) is 0 Å². The van der Waals surface area contributed by atoms with E-state index in [1.165, 1.54) is 29.3 Å². The number of aromatic nitrogens is 2. The third-order valence-corrected chi connectivity index (χ3v) is 8.37. The maximum absolute atomic E-state index is 14.2. The number of halogens is 2. The minimum atomic E-state index is -0.471. The Hall–Kier alpha value is -4.26. The van der Waals surface area contributed by atoms with E-state index in [4.69, 9.17) is 0 Å². The first-order chi connectivity index (χ1) is 18.9. The van der Waals surface area contributed by atoms with Gasteiger partial charge in [0.15, 0.2) is 0 Å². The van der Waals surface area contributed by atoms with Gasteiger partial charge in [-0.3, -0.25) is 0 Å². The van der Waals surface area contributed by atoms with Gasteiger partial charge in [-0.05, 0) is 90.6 Å². The zero-order chi connectivity index (χ0) is 27.0. The number of benzene rings is 3. The van der Waals surface area contributed by atoms with Crippen LogP contribution >= 0.6 is 0 Å². The van der Waals surface area contributed by atoms with Gasteiger partial charge in [-0.25, -0.2) is 18.3 Å². The predicted octanol–water partition coefficient (Wildman–Crippen LogP) is 7.46. The highest BCUT2D eigenvalue weighted by molar-refractivity contribution is 5.89. The SMILES string of the molecule is CC12Cc3cnn(-c4ccc(F)cc4)c3C=C1CCC2CC(NC(=O)Nc1ccccc1F)c1ccccc1. The molecule has 1 saturated carbocycles. The molecule has 2 aliphatic carbocycles. The molecular formula is C32H30F2N4O. The molecule has 0 aliphatic heterocycles. The van der Waals surface area contributed by atoms with Crippen LogP contribution in [0.2, 0.25) is 0 Å². The summed E-state index contributed by atoms with van der Waals surface area (Å²) in [7, 11) is 0. The van der Waals surface area contributed by atoms with Crippen molar-refractivity contribution in [2.45, 2.75) is 38.6 Å². The number of urea groups is 1. The first-order valence-corrected chi connectivity index (χ1v) is 13.3. The lowest BCUT2D eigenvalue weighted by molar-refractivity contribution is 0.222. The molecule has 7 heteroatoms. The Labute approximate surface area is 226 Å². The number of nitrogens with one attached hydrogen (secondary N) is 2. The summed E-state index contributed by atoms with van der Waals surface area (Å²) in [5.74, 6) is -0.417. The molecule has 2 N–H and O–H groups in total. The zero-order valence-corrected chi connectivity index (χ0v) is 21.7. The number of allylic oxidation sites excluding steroid dienone is 1. The van der Waals surface area contributed by atoms with E-state index >= 15 is 0 Å². The van der Waals surface area contributed by atoms with Crippen molar-refractivity contribution >= 4 is 17.8 Å². The maximum Gasteiger partial charge on any atom is 0.319 e. The molecule has 0 saturated heterocycles. The molecule has 3 atom stereocenters. The molecule has 6 rings (SSSR count). The topological polar surface area (TPSA) is 59.0 Å². The number of anilines is 1. The summed E-state index contributed by atoms with van der Waals surface area (Å²) >= 11 is 0. The lowest BCUT2D eigenvalue weighted by atomic mass is 9.68. The number of hydrogen-bond donors (Lipinski definition) is 2. The van der Waals surface area contributed by atoms with Crippen molar-refractivity contribution < 1.29 is 13.6 Å². The third kappa shape index (κ3) is 4.85. The highest BCUT2D eigenvalue weighted by atomic mass is 19.1. The molecule has 1 heterocycles. The van der Waals surface area contributed by atoms with Crippen molar-refractivity contribution in [3.05, 3.63) is 119 Å². The van der Waals surface area contributed by atoms with E-state index in [0.717, 1.165) is 42.6 Å². The average molecular weight is 525 g/mol. The van der Waals surface area contributed by atoms with Gasteiger partial charge in [-0.1, -0.05) is 55.0 Å². The minimum absolute atomic E-state index is 0.0691. The summed E-state index contributed by atoms with van der Waals surface area (Å²) in [6.45, 7) is 2.32. The fraction of sp³-hybridized carbons (Fsp3) is 0.250. The van der Waals surface area contributed by atoms with E-state index in [-0.39, 0.29) is 23.0 Å². The molecule has 1 aromatic heterocycles. The van der Waals surface area contributed by atoms with Gasteiger partial charge >= 0.3 is 6.03 Å². The first-order valence-electron chi connectivity index (χ1n) is 13.3. The van der Waals surface area contributed by atoms with Crippen molar-refractivity contribution in [2.24, 2.45) is 11.3 Å². The number of carbonyl (C=O) groups is 1. The molecule has 2 amide bonds. The fourth-order valence-electron chi connectivity index (χ4n) is 6.23. The molecule has 4 aromatic rings. The highest BCUT2D eigenvalue weighted by Gasteiger charge is 2.46. The summed E-state index contributed by atoms with van der Waals surface area (Å²) < 4.78 is 29.5. The smallest absolute Gasteiger partial charge is 0.319 e. The summed E-state index contributed by atoms with van der Waals surface area (Å²) in [6, 6.07) is 21.8. The van der Waals surface area contributed by atoms with E-state index in [2.05, 4.69) is 28.7 Å². The second-order valence-electron chi connectivity index (χ2n) is 10.7. The van der Waals surface area contributed by atoms with Gasteiger partial charge in [0, 0.05) is 0 Å². The van der Waals surface area contributed by atoms with Crippen LogP contribution in [0.25, 0.3) is 11.8 Å². The van der Waals surface area contributed by atoms with E-state index in [0.29, 0.717) is 5.92 Å². The van der Waals surface area contributed by atoms with Crippen molar-refractivity contribution in [2.75, 3.05) is 5.32 Å². The predicted molar refractivity (Wildman–Crippen MR) is 148 cm³/mol. The lowest BCUT2D eigenvalue weighted by Gasteiger charge is -2.37. The van der Waals surface area contributed by atoms with Crippen LogP contribution in [0.4, 0.5) is 19.3 Å². The third-order valence-electron chi connectivity index (χ3n) is 8.37. The number of fused-ring (bicyclic) bond motifs is 2. The van der Waals surface area contributed by atoms with Gasteiger partial charge < -0.3 is 10.6 Å². The van der Waals surface area contributed by atoms with E-state index in [9.17, 15) is 13.6 Å². The van der Waals surface area contributed by atoms with Crippen LogP contribution < -0.4 is 10.6 Å². The van der Waals surface area contributed by atoms with E-state index in [1.807, 2.05) is 41.2 Å². The number of amides is 2. The molecule has 0 spiro atoms. The van der Waals surface area contributed by atoms with Gasteiger partial charge in [-0.15, -0.1) is 0 Å². The summed E-state index contributed by atoms with van der Waals surface area (Å²) in [6.07, 6.45) is 7.76. The molecule has 2 aliphatic rings. The van der Waals surface area contributed by atoms with Crippen LogP contribution in [-0.4, -0.2) is 15.8 Å². The van der Waals surface area contributed by atoms with Crippen LogP contribution in [0.1, 0.15) is 49.0 Å². The number of hydrogen-bond acceptors (Lipinski definition) is 2. The molecule has 39 heavy (non-hydrogen) atoms. The van der Waals surface area contributed by atoms with Gasteiger partial charge in [-0.2, -0.15) is 5.10 Å². The number of carbonyl (C=O) groups excluding carboxylic acids is 1. The second kappa shape index (κ2) is 10.1. The normalized spacial score (nSPS) is 20.5. The molecule has 3 aromatic carbocycles. The van der Waals surface area contributed by atoms with Crippen LogP contribution in [-0.2, 0) is 6.42 Å². The van der Waals surface area contributed by atoms with Gasteiger partial charge in [0.25, 0.3) is 0 Å². The van der Waals surface area contributed by atoms with Gasteiger partial charge in [0.1, 0.15) is 11.6 Å². The lowest BCUT2D eigenvalue weighted by Crippen LogP contribution is -2.36. The Morgan fingerprint density at radius 2 is 1.79 bits per heavy atom. The molecule has 198 valence electrons. The van der Waals surface area contributed by atoms with E-state index in [1.54, 1.807) is 30.3 Å². The molecule has 0 radical (unpaired) electrons. The number of rotatable bonds is 6. The Bertz CT molecular complexity index is 1530. The second-order valence-corrected chi connectivity index (χ2v) is 10.7. The largest absolute Gasteiger partial charge is 0.331 e. The monoisotopic (exact) mass is 524 g/mol. The average Bonchev–Trinajstić information content (AvgIpc) is 3.48. The number of nitrogens with zero attached hydrogens (tertiary/aromatic N) is 2. The quantitative estimate of drug-likeness (QED) is 0.275. The van der Waals surface area contributed by atoms with Crippen LogP contribution in [0.15, 0.2) is 90.6 Å². The van der Waals surface area contributed by atoms with E-state index < -0.39 is 11.8 Å². The molecule has 1 fully saturated rings.